The van der Waals surface area contributed by atoms with Crippen LogP contribution >= 0.6 is 11.5 Å². The quantitative estimate of drug-likeness (QED) is 0.608. The van der Waals surface area contributed by atoms with Crippen molar-refractivity contribution in [1.29, 1.82) is 0 Å². The zero-order valence-corrected chi connectivity index (χ0v) is 18.5. The maximum absolute atomic E-state index is 13.6. The molecule has 3 aromatic rings. The first kappa shape index (κ1) is 21.2. The highest BCUT2D eigenvalue weighted by atomic mass is 32.1. The van der Waals surface area contributed by atoms with Gasteiger partial charge in [-0.2, -0.15) is 0 Å². The van der Waals surface area contributed by atoms with Crippen LogP contribution in [0.5, 0.6) is 0 Å². The van der Waals surface area contributed by atoms with Crippen molar-refractivity contribution in [2.75, 3.05) is 4.90 Å². The van der Waals surface area contributed by atoms with Gasteiger partial charge in [0.15, 0.2) is 11.7 Å². The molecule has 0 bridgehead atoms. The number of rotatable bonds is 6. The highest BCUT2D eigenvalue weighted by Crippen LogP contribution is 2.33. The van der Waals surface area contributed by atoms with Crippen molar-refractivity contribution < 1.29 is 14.0 Å². The maximum Gasteiger partial charge on any atom is 0.280 e. The third-order valence-electron chi connectivity index (χ3n) is 5.90. The number of furan rings is 1. The van der Waals surface area contributed by atoms with Crippen molar-refractivity contribution in [2.24, 2.45) is 0 Å². The molecule has 1 saturated carbocycles. The van der Waals surface area contributed by atoms with E-state index in [1.807, 2.05) is 32.0 Å². The minimum atomic E-state index is -0.952. The van der Waals surface area contributed by atoms with Gasteiger partial charge < -0.3 is 9.73 Å². The van der Waals surface area contributed by atoms with Gasteiger partial charge in [-0.3, -0.25) is 14.5 Å². The molecule has 0 spiro atoms. The molecular formula is C23H26N4O3S. The van der Waals surface area contributed by atoms with E-state index in [-0.39, 0.29) is 23.6 Å². The first-order chi connectivity index (χ1) is 15.1. The Bertz CT molecular complexity index is 1030. The predicted molar refractivity (Wildman–Crippen MR) is 119 cm³/mol. The molecule has 1 aliphatic carbocycles. The molecule has 0 aliphatic heterocycles. The van der Waals surface area contributed by atoms with Crippen LogP contribution in [0.25, 0.3) is 0 Å². The lowest BCUT2D eigenvalue weighted by Crippen LogP contribution is -2.47. The lowest BCUT2D eigenvalue weighted by Gasteiger charge is -2.32. The van der Waals surface area contributed by atoms with Gasteiger partial charge >= 0.3 is 0 Å². The molecule has 1 aromatic carbocycles. The van der Waals surface area contributed by atoms with E-state index in [2.05, 4.69) is 14.9 Å². The largest absolute Gasteiger partial charge is 0.467 e. The summed E-state index contributed by atoms with van der Waals surface area (Å²) in [6, 6.07) is 8.33. The Morgan fingerprint density at radius 2 is 1.97 bits per heavy atom. The standard InChI is InChI=1S/C23H26N4O3S/c1-15-8-6-11-19(16(15)2)27(23(29)18-14-31-26-25-18)21(20-12-7-13-30-20)22(28)24-17-9-4-3-5-10-17/h6-8,11-14,17,21H,3-5,9-10H2,1-2H3,(H,24,28)/t21-/m1/s1. The highest BCUT2D eigenvalue weighted by molar-refractivity contribution is 7.03. The Morgan fingerprint density at radius 3 is 2.65 bits per heavy atom. The Labute approximate surface area is 185 Å². The normalized spacial score (nSPS) is 15.4. The number of carbonyl (C=O) groups is 2. The molecule has 1 atom stereocenters. The summed E-state index contributed by atoms with van der Waals surface area (Å²) in [4.78, 5) is 28.7. The van der Waals surface area contributed by atoms with Crippen LogP contribution in [-0.2, 0) is 4.79 Å². The number of aryl methyl sites for hydroxylation is 1. The number of carbonyl (C=O) groups excluding carboxylic acids is 2. The molecule has 2 heterocycles. The van der Waals surface area contributed by atoms with Gasteiger partial charge in [0.25, 0.3) is 11.8 Å². The lowest BCUT2D eigenvalue weighted by atomic mass is 9.95. The van der Waals surface area contributed by atoms with E-state index >= 15 is 0 Å². The Morgan fingerprint density at radius 1 is 1.16 bits per heavy atom. The monoisotopic (exact) mass is 438 g/mol. The van der Waals surface area contributed by atoms with Gasteiger partial charge in [-0.1, -0.05) is 35.9 Å². The lowest BCUT2D eigenvalue weighted by molar-refractivity contribution is -0.123. The number of benzene rings is 1. The molecule has 162 valence electrons. The summed E-state index contributed by atoms with van der Waals surface area (Å²) in [6.07, 6.45) is 6.80. The van der Waals surface area contributed by atoms with Crippen LogP contribution in [0.4, 0.5) is 5.69 Å². The minimum absolute atomic E-state index is 0.107. The molecule has 31 heavy (non-hydrogen) atoms. The molecule has 4 rings (SSSR count). The summed E-state index contributed by atoms with van der Waals surface area (Å²) in [5, 5.41) is 8.73. The van der Waals surface area contributed by atoms with Crippen molar-refractivity contribution in [2.45, 2.75) is 58.0 Å². The second kappa shape index (κ2) is 9.43. The summed E-state index contributed by atoms with van der Waals surface area (Å²) >= 11 is 1.10. The van der Waals surface area contributed by atoms with Crippen molar-refractivity contribution in [3.63, 3.8) is 0 Å². The van der Waals surface area contributed by atoms with E-state index in [0.717, 1.165) is 48.3 Å². The van der Waals surface area contributed by atoms with Crippen LogP contribution in [0.3, 0.4) is 0 Å². The minimum Gasteiger partial charge on any atom is -0.467 e. The van der Waals surface area contributed by atoms with Gasteiger partial charge in [0.1, 0.15) is 5.76 Å². The van der Waals surface area contributed by atoms with Gasteiger partial charge in [-0.15, -0.1) is 5.10 Å². The zero-order valence-electron chi connectivity index (χ0n) is 17.7. The molecule has 1 aliphatic rings. The number of nitrogens with one attached hydrogen (secondary N) is 1. The molecule has 0 unspecified atom stereocenters. The molecule has 8 heteroatoms. The molecule has 1 fully saturated rings. The SMILES string of the molecule is Cc1cccc(N(C(=O)c2csnn2)[C@@H](C(=O)NC2CCCCC2)c2ccco2)c1C. The molecule has 7 nitrogen and oxygen atoms in total. The summed E-state index contributed by atoms with van der Waals surface area (Å²) in [6.45, 7) is 3.93. The van der Waals surface area contributed by atoms with E-state index in [0.29, 0.717) is 11.4 Å². The van der Waals surface area contributed by atoms with E-state index in [1.54, 1.807) is 17.5 Å². The molecule has 2 aromatic heterocycles. The average Bonchev–Trinajstić information content (AvgIpc) is 3.49. The second-order valence-corrected chi connectivity index (χ2v) is 8.56. The van der Waals surface area contributed by atoms with Crippen LogP contribution in [0.2, 0.25) is 0 Å². The van der Waals surface area contributed by atoms with Gasteiger partial charge in [0, 0.05) is 17.1 Å². The predicted octanol–water partition coefficient (Wildman–Crippen LogP) is 4.58. The number of anilines is 1. The van der Waals surface area contributed by atoms with Gasteiger partial charge in [0.2, 0.25) is 0 Å². The van der Waals surface area contributed by atoms with Crippen molar-refractivity contribution in [3.8, 4) is 0 Å². The number of nitrogens with zero attached hydrogens (tertiary/aromatic N) is 3. The first-order valence-electron chi connectivity index (χ1n) is 10.6. The summed E-state index contributed by atoms with van der Waals surface area (Å²) in [5.74, 6) is -0.229. The molecular weight excluding hydrogens is 412 g/mol. The van der Waals surface area contributed by atoms with E-state index in [4.69, 9.17) is 4.42 Å². The van der Waals surface area contributed by atoms with Crippen LogP contribution in [-0.4, -0.2) is 27.4 Å². The zero-order chi connectivity index (χ0) is 21.8. The van der Waals surface area contributed by atoms with Crippen LogP contribution in [0.1, 0.15) is 65.5 Å². The molecule has 0 saturated heterocycles. The first-order valence-corrected chi connectivity index (χ1v) is 11.4. The Kier molecular flexibility index (Phi) is 6.46. The summed E-state index contributed by atoms with van der Waals surface area (Å²) in [7, 11) is 0. The van der Waals surface area contributed by atoms with Crippen molar-refractivity contribution >= 4 is 29.0 Å². The fourth-order valence-electron chi connectivity index (χ4n) is 4.09. The van der Waals surface area contributed by atoms with Gasteiger partial charge in [-0.25, -0.2) is 0 Å². The number of hydrogen-bond acceptors (Lipinski definition) is 6. The Balaban J connectivity index is 1.78. The molecule has 2 amide bonds. The fraction of sp³-hybridized carbons (Fsp3) is 0.391. The van der Waals surface area contributed by atoms with Gasteiger partial charge in [0.05, 0.1) is 6.26 Å². The maximum atomic E-state index is 13.6. The van der Waals surface area contributed by atoms with Crippen LogP contribution < -0.4 is 10.2 Å². The second-order valence-electron chi connectivity index (χ2n) is 7.95. The third kappa shape index (κ3) is 4.54. The Hall–Kier alpha value is -3.00. The fourth-order valence-corrected chi connectivity index (χ4v) is 4.52. The number of aromatic nitrogens is 2. The van der Waals surface area contributed by atoms with Crippen LogP contribution in [0.15, 0.2) is 46.4 Å². The third-order valence-corrected chi connectivity index (χ3v) is 6.41. The molecule has 0 radical (unpaired) electrons. The highest BCUT2D eigenvalue weighted by Gasteiger charge is 2.38. The van der Waals surface area contributed by atoms with E-state index in [9.17, 15) is 9.59 Å². The number of amides is 2. The number of hydrogen-bond donors (Lipinski definition) is 1. The van der Waals surface area contributed by atoms with Crippen LogP contribution in [0, 0.1) is 13.8 Å². The van der Waals surface area contributed by atoms with Crippen molar-refractivity contribution in [1.82, 2.24) is 14.9 Å². The van der Waals surface area contributed by atoms with E-state index < -0.39 is 6.04 Å². The summed E-state index contributed by atoms with van der Waals surface area (Å²) in [5.41, 5.74) is 2.80. The average molecular weight is 439 g/mol. The van der Waals surface area contributed by atoms with Crippen molar-refractivity contribution in [3.05, 3.63) is 64.6 Å². The smallest absolute Gasteiger partial charge is 0.280 e. The summed E-state index contributed by atoms with van der Waals surface area (Å²) < 4.78 is 9.50. The van der Waals surface area contributed by atoms with Gasteiger partial charge in [-0.05, 0) is 67.5 Å². The molecule has 1 N–H and O–H groups in total. The van der Waals surface area contributed by atoms with E-state index in [1.165, 1.54) is 17.6 Å². The topological polar surface area (TPSA) is 88.3 Å².